The number of rotatable bonds is 4. The van der Waals surface area contributed by atoms with E-state index in [1.807, 2.05) is 30.3 Å². The van der Waals surface area contributed by atoms with E-state index in [0.717, 1.165) is 18.4 Å². The van der Waals surface area contributed by atoms with Crippen LogP contribution in [0.3, 0.4) is 0 Å². The van der Waals surface area contributed by atoms with Gasteiger partial charge in [0.15, 0.2) is 0 Å². The first kappa shape index (κ1) is 17.7. The first-order valence-corrected chi connectivity index (χ1v) is 8.78. The Kier molecular flexibility index (Phi) is 5.65. The minimum Gasteiger partial charge on any atom is -0.353 e. The van der Waals surface area contributed by atoms with Crippen LogP contribution in [-0.4, -0.2) is 35.8 Å². The van der Waals surface area contributed by atoms with Crippen LogP contribution in [0.1, 0.15) is 34.3 Å². The van der Waals surface area contributed by atoms with Gasteiger partial charge in [-0.1, -0.05) is 36.4 Å². The van der Waals surface area contributed by atoms with Gasteiger partial charge < -0.3 is 10.2 Å². The van der Waals surface area contributed by atoms with Gasteiger partial charge in [0, 0.05) is 24.7 Å². The predicted molar refractivity (Wildman–Crippen MR) is 98.4 cm³/mol. The minimum absolute atomic E-state index is 0.0164. The van der Waals surface area contributed by atoms with Crippen molar-refractivity contribution in [3.05, 3.63) is 71.3 Å². The summed E-state index contributed by atoms with van der Waals surface area (Å²) in [5.74, 6) is -0.0427. The van der Waals surface area contributed by atoms with Crippen LogP contribution in [0.4, 0.5) is 0 Å². The highest BCUT2D eigenvalue weighted by Gasteiger charge is 2.24. The third-order valence-corrected chi connectivity index (χ3v) is 4.59. The molecule has 1 saturated heterocycles. The molecule has 0 radical (unpaired) electrons. The lowest BCUT2D eigenvalue weighted by molar-refractivity contribution is -0.121. The van der Waals surface area contributed by atoms with Crippen LogP contribution < -0.4 is 5.32 Å². The average molecular weight is 347 g/mol. The van der Waals surface area contributed by atoms with Crippen molar-refractivity contribution in [1.82, 2.24) is 10.2 Å². The third-order valence-electron chi connectivity index (χ3n) is 4.59. The highest BCUT2D eigenvalue weighted by Crippen LogP contribution is 2.15. The normalized spacial score (nSPS) is 14.5. The second-order valence-electron chi connectivity index (χ2n) is 6.49. The summed E-state index contributed by atoms with van der Waals surface area (Å²) in [5, 5.41) is 12.0. The molecule has 0 saturated carbocycles. The Labute approximate surface area is 153 Å². The number of likely N-dealkylation sites (tertiary alicyclic amines) is 1. The molecule has 5 heteroatoms. The van der Waals surface area contributed by atoms with Crippen LogP contribution in [0.15, 0.2) is 54.6 Å². The van der Waals surface area contributed by atoms with E-state index in [1.165, 1.54) is 0 Å². The van der Waals surface area contributed by atoms with Gasteiger partial charge in [-0.2, -0.15) is 5.26 Å². The molecule has 0 aromatic heterocycles. The molecule has 0 unspecified atom stereocenters. The molecule has 3 rings (SSSR count). The highest BCUT2D eigenvalue weighted by atomic mass is 16.2. The third kappa shape index (κ3) is 4.48. The fraction of sp³-hybridized carbons (Fsp3) is 0.286. The molecule has 2 amide bonds. The van der Waals surface area contributed by atoms with Crippen LogP contribution in [0, 0.1) is 11.3 Å². The molecule has 1 aliphatic rings. The summed E-state index contributed by atoms with van der Waals surface area (Å²) in [4.78, 5) is 26.5. The summed E-state index contributed by atoms with van der Waals surface area (Å²) >= 11 is 0. The molecule has 0 spiro atoms. The lowest BCUT2D eigenvalue weighted by atomic mass is 10.0. The van der Waals surface area contributed by atoms with Gasteiger partial charge in [0.1, 0.15) is 0 Å². The molecule has 1 fully saturated rings. The number of benzene rings is 2. The molecule has 26 heavy (non-hydrogen) atoms. The van der Waals surface area contributed by atoms with Gasteiger partial charge in [0.2, 0.25) is 5.91 Å². The average Bonchev–Trinajstić information content (AvgIpc) is 2.69. The number of piperidine rings is 1. The quantitative estimate of drug-likeness (QED) is 0.924. The number of nitrogens with zero attached hydrogens (tertiary/aromatic N) is 2. The largest absolute Gasteiger partial charge is 0.353 e. The summed E-state index contributed by atoms with van der Waals surface area (Å²) in [5.41, 5.74) is 2.02. The van der Waals surface area contributed by atoms with Gasteiger partial charge in [-0.3, -0.25) is 9.59 Å². The van der Waals surface area contributed by atoms with Crippen molar-refractivity contribution in [2.45, 2.75) is 25.3 Å². The zero-order chi connectivity index (χ0) is 18.4. The van der Waals surface area contributed by atoms with Gasteiger partial charge in [0.05, 0.1) is 18.1 Å². The summed E-state index contributed by atoms with van der Waals surface area (Å²) in [6.45, 7) is 1.21. The summed E-state index contributed by atoms with van der Waals surface area (Å²) in [6.07, 6.45) is 1.86. The van der Waals surface area contributed by atoms with Crippen LogP contribution in [0.5, 0.6) is 0 Å². The van der Waals surface area contributed by atoms with Crippen LogP contribution >= 0.6 is 0 Å². The van der Waals surface area contributed by atoms with Gasteiger partial charge >= 0.3 is 0 Å². The van der Waals surface area contributed by atoms with E-state index < -0.39 is 0 Å². The van der Waals surface area contributed by atoms with E-state index in [0.29, 0.717) is 30.6 Å². The Bertz CT molecular complexity index is 819. The molecule has 1 heterocycles. The van der Waals surface area contributed by atoms with Crippen LogP contribution in [0.2, 0.25) is 0 Å². The van der Waals surface area contributed by atoms with E-state index >= 15 is 0 Å². The molecule has 0 atom stereocenters. The van der Waals surface area contributed by atoms with Crippen molar-refractivity contribution in [2.24, 2.45) is 0 Å². The molecular formula is C21H21N3O2. The predicted octanol–water partition coefficient (Wildman–Crippen LogP) is 2.52. The van der Waals surface area contributed by atoms with Gasteiger partial charge in [0.25, 0.3) is 5.91 Å². The maximum Gasteiger partial charge on any atom is 0.253 e. The fourth-order valence-electron chi connectivity index (χ4n) is 3.19. The Morgan fingerprint density at radius 2 is 1.81 bits per heavy atom. The van der Waals surface area contributed by atoms with Crippen molar-refractivity contribution >= 4 is 11.8 Å². The Morgan fingerprint density at radius 3 is 2.50 bits per heavy atom. The molecule has 5 nitrogen and oxygen atoms in total. The number of hydrogen-bond acceptors (Lipinski definition) is 3. The summed E-state index contributed by atoms with van der Waals surface area (Å²) < 4.78 is 0. The number of hydrogen-bond donors (Lipinski definition) is 1. The molecule has 2 aromatic rings. The zero-order valence-electron chi connectivity index (χ0n) is 14.5. The standard InChI is InChI=1S/C21H21N3O2/c22-15-17-7-4-8-18(13-17)21(26)24-11-9-19(10-12-24)23-20(25)14-16-5-2-1-3-6-16/h1-8,13,19H,9-12,14H2,(H,23,25). The monoisotopic (exact) mass is 347 g/mol. The molecule has 2 aromatic carbocycles. The number of nitriles is 1. The lowest BCUT2D eigenvalue weighted by Gasteiger charge is -2.32. The van der Waals surface area contributed by atoms with E-state index in [2.05, 4.69) is 11.4 Å². The lowest BCUT2D eigenvalue weighted by Crippen LogP contribution is -2.46. The first-order chi connectivity index (χ1) is 12.7. The number of carbonyl (C=O) groups excluding carboxylic acids is 2. The maximum atomic E-state index is 12.6. The van der Waals surface area contributed by atoms with E-state index in [9.17, 15) is 9.59 Å². The van der Waals surface area contributed by atoms with Gasteiger partial charge in [-0.15, -0.1) is 0 Å². The van der Waals surface area contributed by atoms with Gasteiger partial charge in [-0.05, 0) is 36.6 Å². The number of carbonyl (C=O) groups is 2. The SMILES string of the molecule is N#Cc1cccc(C(=O)N2CCC(NC(=O)Cc3ccccc3)CC2)c1. The molecular weight excluding hydrogens is 326 g/mol. The Balaban J connectivity index is 1.50. The van der Waals surface area contributed by atoms with E-state index in [-0.39, 0.29) is 17.9 Å². The molecule has 1 N–H and O–H groups in total. The summed E-state index contributed by atoms with van der Waals surface area (Å²) in [6, 6.07) is 18.6. The van der Waals surface area contributed by atoms with Crippen molar-refractivity contribution < 1.29 is 9.59 Å². The van der Waals surface area contributed by atoms with Crippen molar-refractivity contribution in [3.8, 4) is 6.07 Å². The molecule has 0 aliphatic carbocycles. The molecule has 1 aliphatic heterocycles. The van der Waals surface area contributed by atoms with Crippen molar-refractivity contribution in [3.63, 3.8) is 0 Å². The zero-order valence-corrected chi connectivity index (χ0v) is 14.5. The number of nitrogens with one attached hydrogen (secondary N) is 1. The Hall–Kier alpha value is -3.13. The van der Waals surface area contributed by atoms with E-state index in [4.69, 9.17) is 5.26 Å². The molecule has 0 bridgehead atoms. The highest BCUT2D eigenvalue weighted by molar-refractivity contribution is 5.94. The minimum atomic E-state index is -0.0591. The van der Waals surface area contributed by atoms with Crippen LogP contribution in [0.25, 0.3) is 0 Å². The molecule has 132 valence electrons. The van der Waals surface area contributed by atoms with E-state index in [1.54, 1.807) is 29.2 Å². The maximum absolute atomic E-state index is 12.6. The fourth-order valence-corrected chi connectivity index (χ4v) is 3.19. The second kappa shape index (κ2) is 8.30. The Morgan fingerprint density at radius 1 is 1.08 bits per heavy atom. The van der Waals surface area contributed by atoms with Gasteiger partial charge in [-0.25, -0.2) is 0 Å². The smallest absolute Gasteiger partial charge is 0.253 e. The topological polar surface area (TPSA) is 73.2 Å². The number of amides is 2. The summed E-state index contributed by atoms with van der Waals surface area (Å²) in [7, 11) is 0. The van der Waals surface area contributed by atoms with Crippen molar-refractivity contribution in [2.75, 3.05) is 13.1 Å². The van der Waals surface area contributed by atoms with Crippen LogP contribution in [-0.2, 0) is 11.2 Å². The second-order valence-corrected chi connectivity index (χ2v) is 6.49. The first-order valence-electron chi connectivity index (χ1n) is 8.78. The van der Waals surface area contributed by atoms with Crippen molar-refractivity contribution in [1.29, 1.82) is 5.26 Å².